The molecule has 0 radical (unpaired) electrons. The maximum Gasteiger partial charge on any atom is 0.249 e. The molecule has 7 heteroatoms. The summed E-state index contributed by atoms with van der Waals surface area (Å²) in [5.41, 5.74) is 2.30. The predicted molar refractivity (Wildman–Crippen MR) is 109 cm³/mol. The summed E-state index contributed by atoms with van der Waals surface area (Å²) in [4.78, 5) is 26.1. The van der Waals surface area contributed by atoms with Crippen molar-refractivity contribution in [2.75, 3.05) is 18.5 Å². The number of aliphatic hydroxyl groups is 1. The van der Waals surface area contributed by atoms with Gasteiger partial charge in [0.15, 0.2) is 0 Å². The first kappa shape index (κ1) is 20.5. The van der Waals surface area contributed by atoms with Crippen LogP contribution in [0.25, 0.3) is 0 Å². The summed E-state index contributed by atoms with van der Waals surface area (Å²) in [5, 5.41) is 12.9. The number of nitrogens with one attached hydrogen (secondary N) is 1. The van der Waals surface area contributed by atoms with Gasteiger partial charge < -0.3 is 20.1 Å². The molecule has 1 saturated carbocycles. The quantitative estimate of drug-likeness (QED) is 0.765. The number of benzene rings is 2. The Kier molecular flexibility index (Phi) is 6.11. The van der Waals surface area contributed by atoms with Crippen LogP contribution in [0.3, 0.4) is 0 Å². The van der Waals surface area contributed by atoms with Gasteiger partial charge in [0.1, 0.15) is 18.5 Å². The van der Waals surface area contributed by atoms with Crippen LogP contribution in [0.5, 0.6) is 0 Å². The number of halogens is 1. The van der Waals surface area contributed by atoms with Crippen molar-refractivity contribution < 1.29 is 23.8 Å². The SMILES string of the molecule is O=C(Nc1ccc(C2OCC(=O)N(Cc3ccc(F)cc3)C2CO)cc1)C1CCC1. The van der Waals surface area contributed by atoms with E-state index in [0.29, 0.717) is 5.69 Å². The van der Waals surface area contributed by atoms with Crippen LogP contribution in [0.1, 0.15) is 36.5 Å². The molecule has 30 heavy (non-hydrogen) atoms. The molecular weight excluding hydrogens is 387 g/mol. The first-order valence-corrected chi connectivity index (χ1v) is 10.2. The lowest BCUT2D eigenvalue weighted by Crippen LogP contribution is -2.52. The van der Waals surface area contributed by atoms with Crippen LogP contribution in [0.2, 0.25) is 0 Å². The minimum absolute atomic E-state index is 0.0484. The lowest BCUT2D eigenvalue weighted by atomic mass is 9.85. The van der Waals surface area contributed by atoms with E-state index in [4.69, 9.17) is 4.74 Å². The van der Waals surface area contributed by atoms with Gasteiger partial charge in [-0.2, -0.15) is 0 Å². The molecule has 2 amide bonds. The van der Waals surface area contributed by atoms with Crippen molar-refractivity contribution in [1.82, 2.24) is 4.90 Å². The number of morpholine rings is 1. The van der Waals surface area contributed by atoms with Gasteiger partial charge in [-0.25, -0.2) is 4.39 Å². The molecule has 158 valence electrons. The Morgan fingerprint density at radius 2 is 1.83 bits per heavy atom. The van der Waals surface area contributed by atoms with Gasteiger partial charge in [-0.15, -0.1) is 0 Å². The number of carbonyl (C=O) groups excluding carboxylic acids is 2. The monoisotopic (exact) mass is 412 g/mol. The van der Waals surface area contributed by atoms with Gasteiger partial charge in [0.25, 0.3) is 0 Å². The Hall–Kier alpha value is -2.77. The highest BCUT2D eigenvalue weighted by Gasteiger charge is 2.37. The summed E-state index contributed by atoms with van der Waals surface area (Å²) in [6.45, 7) is -0.0972. The van der Waals surface area contributed by atoms with Crippen LogP contribution < -0.4 is 5.32 Å². The topological polar surface area (TPSA) is 78.9 Å². The number of anilines is 1. The standard InChI is InChI=1S/C23H25FN2O4/c24-18-8-4-15(5-9-18)12-26-20(13-27)22(30-14-21(26)28)16-6-10-19(11-7-16)25-23(29)17-2-1-3-17/h4-11,17,20,22,27H,1-3,12-14H2,(H,25,29). The molecule has 2 aromatic carbocycles. The lowest BCUT2D eigenvalue weighted by Gasteiger charge is -2.40. The zero-order chi connectivity index (χ0) is 21.1. The minimum Gasteiger partial charge on any atom is -0.394 e. The second-order valence-corrected chi connectivity index (χ2v) is 7.87. The number of ether oxygens (including phenoxy) is 1. The first-order valence-electron chi connectivity index (χ1n) is 10.2. The maximum absolute atomic E-state index is 13.2. The van der Waals surface area contributed by atoms with Crippen LogP contribution >= 0.6 is 0 Å². The number of carbonyl (C=O) groups is 2. The first-order chi connectivity index (χ1) is 14.5. The minimum atomic E-state index is -0.563. The van der Waals surface area contributed by atoms with E-state index < -0.39 is 12.1 Å². The number of hydrogen-bond acceptors (Lipinski definition) is 4. The highest BCUT2D eigenvalue weighted by Crippen LogP contribution is 2.32. The van der Waals surface area contributed by atoms with Crippen molar-refractivity contribution in [3.63, 3.8) is 0 Å². The van der Waals surface area contributed by atoms with Gasteiger partial charge in [0.05, 0.1) is 12.6 Å². The van der Waals surface area contributed by atoms with E-state index in [0.717, 1.165) is 30.4 Å². The van der Waals surface area contributed by atoms with Gasteiger partial charge in [0.2, 0.25) is 11.8 Å². The molecule has 2 aromatic rings. The van der Waals surface area contributed by atoms with Crippen LogP contribution in [0, 0.1) is 11.7 Å². The Morgan fingerprint density at radius 3 is 2.43 bits per heavy atom. The summed E-state index contributed by atoms with van der Waals surface area (Å²) in [5.74, 6) is -0.407. The molecule has 0 bridgehead atoms. The molecule has 2 aliphatic rings. The van der Waals surface area contributed by atoms with Crippen LogP contribution in [-0.2, 0) is 20.9 Å². The Labute approximate surface area is 174 Å². The highest BCUT2D eigenvalue weighted by molar-refractivity contribution is 5.93. The van der Waals surface area contributed by atoms with E-state index in [1.807, 2.05) is 24.3 Å². The molecule has 1 aliphatic carbocycles. The summed E-state index contributed by atoms with van der Waals surface area (Å²) in [6, 6.07) is 12.7. The molecule has 1 saturated heterocycles. The van der Waals surface area contributed by atoms with E-state index in [-0.39, 0.29) is 43.3 Å². The van der Waals surface area contributed by atoms with Crippen molar-refractivity contribution in [3.8, 4) is 0 Å². The van der Waals surface area contributed by atoms with Crippen molar-refractivity contribution in [2.24, 2.45) is 5.92 Å². The molecule has 4 rings (SSSR count). The third kappa shape index (κ3) is 4.37. The van der Waals surface area contributed by atoms with Crippen molar-refractivity contribution >= 4 is 17.5 Å². The normalized spacial score (nSPS) is 21.9. The van der Waals surface area contributed by atoms with E-state index in [1.165, 1.54) is 12.1 Å². The van der Waals surface area contributed by atoms with E-state index in [9.17, 15) is 19.1 Å². The smallest absolute Gasteiger partial charge is 0.249 e. The van der Waals surface area contributed by atoms with E-state index >= 15 is 0 Å². The molecule has 2 fully saturated rings. The summed E-state index contributed by atoms with van der Waals surface area (Å²) >= 11 is 0. The predicted octanol–water partition coefficient (Wildman–Crippen LogP) is 3.03. The van der Waals surface area contributed by atoms with Gasteiger partial charge >= 0.3 is 0 Å². The Morgan fingerprint density at radius 1 is 1.13 bits per heavy atom. The van der Waals surface area contributed by atoms with Crippen LogP contribution in [0.15, 0.2) is 48.5 Å². The van der Waals surface area contributed by atoms with Crippen molar-refractivity contribution in [1.29, 1.82) is 0 Å². The molecule has 1 heterocycles. The Bertz CT molecular complexity index is 896. The fourth-order valence-electron chi connectivity index (χ4n) is 3.88. The number of amides is 2. The summed E-state index contributed by atoms with van der Waals surface area (Å²) < 4.78 is 18.9. The number of hydrogen-bond donors (Lipinski definition) is 2. The second kappa shape index (κ2) is 8.93. The van der Waals surface area contributed by atoms with Gasteiger partial charge in [-0.1, -0.05) is 30.7 Å². The zero-order valence-corrected chi connectivity index (χ0v) is 16.6. The average molecular weight is 412 g/mol. The molecule has 2 atom stereocenters. The zero-order valence-electron chi connectivity index (χ0n) is 16.6. The van der Waals surface area contributed by atoms with Crippen LogP contribution in [-0.4, -0.2) is 41.1 Å². The van der Waals surface area contributed by atoms with E-state index in [1.54, 1.807) is 17.0 Å². The molecule has 0 spiro atoms. The summed E-state index contributed by atoms with van der Waals surface area (Å²) in [6.07, 6.45) is 2.49. The van der Waals surface area contributed by atoms with Crippen molar-refractivity contribution in [2.45, 2.75) is 38.0 Å². The highest BCUT2D eigenvalue weighted by atomic mass is 19.1. The fourth-order valence-corrected chi connectivity index (χ4v) is 3.88. The molecular formula is C23H25FN2O4. The van der Waals surface area contributed by atoms with Gasteiger partial charge in [-0.05, 0) is 48.2 Å². The fraction of sp³-hybridized carbons (Fsp3) is 0.391. The molecule has 2 unspecified atom stereocenters. The summed E-state index contributed by atoms with van der Waals surface area (Å²) in [7, 11) is 0. The Balaban J connectivity index is 1.47. The number of rotatable bonds is 6. The average Bonchev–Trinajstić information content (AvgIpc) is 2.70. The molecule has 2 N–H and O–H groups in total. The van der Waals surface area contributed by atoms with Gasteiger partial charge in [-0.3, -0.25) is 9.59 Å². The maximum atomic E-state index is 13.2. The largest absolute Gasteiger partial charge is 0.394 e. The number of aliphatic hydroxyl groups excluding tert-OH is 1. The molecule has 6 nitrogen and oxygen atoms in total. The molecule has 0 aromatic heterocycles. The van der Waals surface area contributed by atoms with Gasteiger partial charge in [0, 0.05) is 18.2 Å². The van der Waals surface area contributed by atoms with E-state index in [2.05, 4.69) is 5.32 Å². The lowest BCUT2D eigenvalue weighted by molar-refractivity contribution is -0.162. The number of nitrogens with zero attached hydrogens (tertiary/aromatic N) is 1. The second-order valence-electron chi connectivity index (χ2n) is 7.87. The molecule has 1 aliphatic heterocycles. The van der Waals surface area contributed by atoms with Crippen molar-refractivity contribution in [3.05, 3.63) is 65.5 Å². The third-order valence-electron chi connectivity index (χ3n) is 5.89. The third-order valence-corrected chi connectivity index (χ3v) is 5.89. The van der Waals surface area contributed by atoms with Crippen LogP contribution in [0.4, 0.5) is 10.1 Å².